The van der Waals surface area contributed by atoms with Gasteiger partial charge >= 0.3 is 0 Å². The minimum absolute atomic E-state index is 0.0760. The number of hydrogen-bond donors (Lipinski definition) is 2. The topological polar surface area (TPSA) is 63.5 Å². The summed E-state index contributed by atoms with van der Waals surface area (Å²) in [6.45, 7) is 16.1. The van der Waals surface area contributed by atoms with Gasteiger partial charge in [-0.05, 0) is 18.3 Å². The van der Waals surface area contributed by atoms with Gasteiger partial charge < -0.3 is 19.9 Å². The molecule has 2 N–H and O–H groups in total. The van der Waals surface area contributed by atoms with Crippen LogP contribution in [0.25, 0.3) is 0 Å². The lowest BCUT2D eigenvalue weighted by Gasteiger charge is -2.30. The van der Waals surface area contributed by atoms with E-state index in [0.717, 1.165) is 24.9 Å². The lowest BCUT2D eigenvalue weighted by molar-refractivity contribution is 0.0205. The number of nitrogens with zero attached hydrogens (tertiary/aromatic N) is 3. The minimum atomic E-state index is 0.0760. The van der Waals surface area contributed by atoms with Crippen molar-refractivity contribution in [3.05, 3.63) is 18.2 Å². The minimum Gasteiger partial charge on any atom is -0.379 e. The first-order valence-electron chi connectivity index (χ1n) is 8.82. The van der Waals surface area contributed by atoms with Crippen LogP contribution in [0.1, 0.15) is 47.4 Å². The van der Waals surface area contributed by atoms with Crippen LogP contribution in [0.5, 0.6) is 0 Å². The van der Waals surface area contributed by atoms with E-state index in [-0.39, 0.29) is 11.5 Å². The van der Waals surface area contributed by atoms with Crippen molar-refractivity contribution in [2.45, 2.75) is 60.7 Å². The Labute approximate surface area is 147 Å². The number of nitrogens with one attached hydrogen (secondary N) is 2. The highest BCUT2D eigenvalue weighted by molar-refractivity contribution is 5.79. The number of hydrogen-bond acceptors (Lipinski definition) is 3. The quantitative estimate of drug-likeness (QED) is 0.565. The number of ether oxygens (including phenoxy) is 1. The molecular formula is C18H35N5O. The summed E-state index contributed by atoms with van der Waals surface area (Å²) in [6.07, 6.45) is 3.98. The molecule has 0 aliphatic heterocycles. The van der Waals surface area contributed by atoms with E-state index in [0.29, 0.717) is 19.0 Å². The van der Waals surface area contributed by atoms with Gasteiger partial charge in [-0.15, -0.1) is 0 Å². The highest BCUT2D eigenvalue weighted by Gasteiger charge is 2.24. The Hall–Kier alpha value is -1.56. The van der Waals surface area contributed by atoms with Crippen LogP contribution >= 0.6 is 0 Å². The Morgan fingerprint density at radius 1 is 1.33 bits per heavy atom. The summed E-state index contributed by atoms with van der Waals surface area (Å²) >= 11 is 0. The predicted molar refractivity (Wildman–Crippen MR) is 100 cm³/mol. The molecule has 0 aliphatic rings. The van der Waals surface area contributed by atoms with E-state index < -0.39 is 0 Å². The van der Waals surface area contributed by atoms with Crippen molar-refractivity contribution in [2.75, 3.05) is 20.2 Å². The molecular weight excluding hydrogens is 302 g/mol. The molecule has 1 heterocycles. The number of rotatable bonds is 8. The van der Waals surface area contributed by atoms with E-state index in [1.807, 2.05) is 12.4 Å². The van der Waals surface area contributed by atoms with Gasteiger partial charge in [0.2, 0.25) is 0 Å². The molecule has 0 fully saturated rings. The Bertz CT molecular complexity index is 502. The SMILES string of the molecule is CCNC(=NCc1nccn1CC(C)C)NCC(OC)C(C)(C)C. The number of methoxy groups -OCH3 is 1. The number of aliphatic imine (C=N–C) groups is 1. The third-order valence-electron chi connectivity index (χ3n) is 3.79. The summed E-state index contributed by atoms with van der Waals surface area (Å²) in [5.41, 5.74) is 0.0760. The summed E-state index contributed by atoms with van der Waals surface area (Å²) in [5, 5.41) is 6.66. The zero-order valence-electron chi connectivity index (χ0n) is 16.4. The second kappa shape index (κ2) is 9.67. The fourth-order valence-corrected chi connectivity index (χ4v) is 2.48. The molecule has 1 aromatic rings. The van der Waals surface area contributed by atoms with Crippen LogP contribution in [0.4, 0.5) is 0 Å². The molecule has 1 atom stereocenters. The van der Waals surface area contributed by atoms with Gasteiger partial charge in [0.1, 0.15) is 12.4 Å². The first-order chi connectivity index (χ1) is 11.3. The molecule has 24 heavy (non-hydrogen) atoms. The van der Waals surface area contributed by atoms with Crippen molar-refractivity contribution >= 4 is 5.96 Å². The van der Waals surface area contributed by atoms with E-state index in [2.05, 4.69) is 66.7 Å². The van der Waals surface area contributed by atoms with E-state index >= 15 is 0 Å². The van der Waals surface area contributed by atoms with Gasteiger partial charge in [-0.25, -0.2) is 9.98 Å². The third-order valence-corrected chi connectivity index (χ3v) is 3.79. The first kappa shape index (κ1) is 20.5. The van der Waals surface area contributed by atoms with Gasteiger partial charge in [0.05, 0.1) is 6.10 Å². The highest BCUT2D eigenvalue weighted by atomic mass is 16.5. The molecule has 0 spiro atoms. The van der Waals surface area contributed by atoms with E-state index in [4.69, 9.17) is 4.74 Å². The first-order valence-corrected chi connectivity index (χ1v) is 8.82. The van der Waals surface area contributed by atoms with Crippen LogP contribution in [0.2, 0.25) is 0 Å². The largest absolute Gasteiger partial charge is 0.379 e. The maximum Gasteiger partial charge on any atom is 0.191 e. The van der Waals surface area contributed by atoms with Crippen molar-refractivity contribution in [1.82, 2.24) is 20.2 Å². The molecule has 1 rings (SSSR count). The van der Waals surface area contributed by atoms with E-state index in [1.165, 1.54) is 0 Å². The summed E-state index contributed by atoms with van der Waals surface area (Å²) in [4.78, 5) is 9.10. The zero-order valence-corrected chi connectivity index (χ0v) is 16.4. The molecule has 0 saturated heterocycles. The second-order valence-corrected chi connectivity index (χ2v) is 7.56. The Balaban J connectivity index is 2.71. The van der Waals surface area contributed by atoms with Gasteiger partial charge in [0.15, 0.2) is 5.96 Å². The molecule has 0 amide bonds. The van der Waals surface area contributed by atoms with Gasteiger partial charge in [0, 0.05) is 39.1 Å². The van der Waals surface area contributed by atoms with Crippen molar-refractivity contribution in [1.29, 1.82) is 0 Å². The molecule has 0 radical (unpaired) electrons. The van der Waals surface area contributed by atoms with Crippen molar-refractivity contribution in [3.63, 3.8) is 0 Å². The normalized spacial score (nSPS) is 14.1. The molecule has 0 aromatic carbocycles. The highest BCUT2D eigenvalue weighted by Crippen LogP contribution is 2.20. The lowest BCUT2D eigenvalue weighted by atomic mass is 9.89. The molecule has 0 aliphatic carbocycles. The average molecular weight is 338 g/mol. The smallest absolute Gasteiger partial charge is 0.191 e. The number of guanidine groups is 1. The molecule has 1 unspecified atom stereocenters. The second-order valence-electron chi connectivity index (χ2n) is 7.56. The predicted octanol–water partition coefficient (Wildman–Crippen LogP) is 2.66. The summed E-state index contributed by atoms with van der Waals surface area (Å²) < 4.78 is 7.77. The van der Waals surface area contributed by atoms with Crippen LogP contribution in [0.15, 0.2) is 17.4 Å². The molecule has 1 aromatic heterocycles. The summed E-state index contributed by atoms with van der Waals surface area (Å²) in [6, 6.07) is 0. The van der Waals surface area contributed by atoms with Crippen LogP contribution in [-0.2, 0) is 17.8 Å². The lowest BCUT2D eigenvalue weighted by Crippen LogP contribution is -2.45. The summed E-state index contributed by atoms with van der Waals surface area (Å²) in [5.74, 6) is 2.37. The number of imidazole rings is 1. The number of aromatic nitrogens is 2. The Morgan fingerprint density at radius 2 is 2.04 bits per heavy atom. The Kier molecular flexibility index (Phi) is 8.25. The van der Waals surface area contributed by atoms with Crippen LogP contribution < -0.4 is 10.6 Å². The van der Waals surface area contributed by atoms with Gasteiger partial charge in [-0.2, -0.15) is 0 Å². The van der Waals surface area contributed by atoms with Crippen molar-refractivity contribution < 1.29 is 4.74 Å². The standard InChI is InChI=1S/C18H35N5O/c1-8-19-17(21-11-15(24-7)18(4,5)6)22-12-16-20-9-10-23(16)13-14(2)3/h9-10,14-15H,8,11-13H2,1-7H3,(H2,19,21,22). The van der Waals surface area contributed by atoms with E-state index in [9.17, 15) is 0 Å². The maximum absolute atomic E-state index is 5.59. The third kappa shape index (κ3) is 6.91. The fourth-order valence-electron chi connectivity index (χ4n) is 2.48. The van der Waals surface area contributed by atoms with Crippen LogP contribution in [0, 0.1) is 11.3 Å². The van der Waals surface area contributed by atoms with Gasteiger partial charge in [-0.1, -0.05) is 34.6 Å². The van der Waals surface area contributed by atoms with Crippen LogP contribution in [0.3, 0.4) is 0 Å². The summed E-state index contributed by atoms with van der Waals surface area (Å²) in [7, 11) is 1.75. The Morgan fingerprint density at radius 3 is 2.58 bits per heavy atom. The van der Waals surface area contributed by atoms with Gasteiger partial charge in [-0.3, -0.25) is 0 Å². The van der Waals surface area contributed by atoms with Crippen LogP contribution in [-0.4, -0.2) is 41.8 Å². The zero-order chi connectivity index (χ0) is 18.2. The maximum atomic E-state index is 5.59. The van der Waals surface area contributed by atoms with E-state index in [1.54, 1.807) is 7.11 Å². The van der Waals surface area contributed by atoms with Crippen molar-refractivity contribution in [3.8, 4) is 0 Å². The molecule has 138 valence electrons. The molecule has 0 saturated carbocycles. The molecule has 6 nitrogen and oxygen atoms in total. The van der Waals surface area contributed by atoms with Crippen molar-refractivity contribution in [2.24, 2.45) is 16.3 Å². The fraction of sp³-hybridized carbons (Fsp3) is 0.778. The molecule has 0 bridgehead atoms. The average Bonchev–Trinajstić information content (AvgIpc) is 2.90. The van der Waals surface area contributed by atoms with Gasteiger partial charge in [0.25, 0.3) is 0 Å². The molecule has 6 heteroatoms. The monoisotopic (exact) mass is 337 g/mol.